The predicted octanol–water partition coefficient (Wildman–Crippen LogP) is 2.60. The Morgan fingerprint density at radius 2 is 1.24 bits per heavy atom. The van der Waals surface area contributed by atoms with Gasteiger partial charge in [0.05, 0.1) is 9.85 Å². The van der Waals surface area contributed by atoms with E-state index in [2.05, 4.69) is 34.1 Å². The molecule has 0 bridgehead atoms. The first-order chi connectivity index (χ1) is 15.8. The van der Waals surface area contributed by atoms with E-state index in [0.717, 1.165) is 57.1 Å². The van der Waals surface area contributed by atoms with Gasteiger partial charge < -0.3 is 20.0 Å². The number of hydrogen-bond acceptors (Lipinski definition) is 8. The highest BCUT2D eigenvalue weighted by atomic mass is 19.1. The van der Waals surface area contributed by atoms with Crippen LogP contribution in [0.15, 0.2) is 48.5 Å². The lowest BCUT2D eigenvalue weighted by molar-refractivity contribution is -0.387. The summed E-state index contributed by atoms with van der Waals surface area (Å²) < 4.78 is 12.4. The van der Waals surface area contributed by atoms with Crippen LogP contribution in [0.3, 0.4) is 0 Å². The standard InChI is InChI=1S/C11H15N3O2.C6H4FNO2.C5H12N2/c1-12-6-8-13(9-7-12)10-4-2-3-5-11(10)14(15)16;7-5-3-1-2-4-6(5)8(9)10;1-7-4-2-6-3-5-7/h2-5H,6-9H2,1H3;1-4H;6H,2-5H2,1H3. The third-order valence-electron chi connectivity index (χ3n) is 5.31. The third kappa shape index (κ3) is 8.72. The maximum Gasteiger partial charge on any atom is 0.304 e. The first-order valence-electron chi connectivity index (χ1n) is 10.7. The lowest BCUT2D eigenvalue weighted by Crippen LogP contribution is -2.44. The summed E-state index contributed by atoms with van der Waals surface area (Å²) in [6.45, 7) is 8.34. The van der Waals surface area contributed by atoms with Crippen molar-refractivity contribution in [3.63, 3.8) is 0 Å². The monoisotopic (exact) mass is 462 g/mol. The number of nitro groups is 2. The number of rotatable bonds is 3. The lowest BCUT2D eigenvalue weighted by atomic mass is 10.2. The minimum atomic E-state index is -0.799. The van der Waals surface area contributed by atoms with Gasteiger partial charge in [0.2, 0.25) is 5.82 Å². The van der Waals surface area contributed by atoms with E-state index in [9.17, 15) is 24.6 Å². The number of piperazine rings is 2. The average molecular weight is 463 g/mol. The van der Waals surface area contributed by atoms with Crippen LogP contribution < -0.4 is 10.2 Å². The number of hydrogen-bond donors (Lipinski definition) is 1. The topological polar surface area (TPSA) is 108 Å². The predicted molar refractivity (Wildman–Crippen MR) is 126 cm³/mol. The minimum Gasteiger partial charge on any atom is -0.363 e. The van der Waals surface area contributed by atoms with E-state index in [-0.39, 0.29) is 10.6 Å². The number of benzene rings is 2. The summed E-state index contributed by atoms with van der Waals surface area (Å²) in [4.78, 5) is 26.5. The van der Waals surface area contributed by atoms with Crippen LogP contribution in [0, 0.1) is 26.0 Å². The molecule has 0 aromatic heterocycles. The second kappa shape index (κ2) is 13.4. The van der Waals surface area contributed by atoms with Gasteiger partial charge in [-0.25, -0.2) is 0 Å². The van der Waals surface area contributed by atoms with E-state index in [4.69, 9.17) is 0 Å². The number of nitrogens with one attached hydrogen (secondary N) is 1. The Bertz CT molecular complexity index is 902. The van der Waals surface area contributed by atoms with Crippen LogP contribution in [0.4, 0.5) is 21.5 Å². The second-order valence-electron chi connectivity index (χ2n) is 7.80. The van der Waals surface area contributed by atoms with Crippen molar-refractivity contribution >= 4 is 17.1 Å². The van der Waals surface area contributed by atoms with Crippen molar-refractivity contribution in [3.8, 4) is 0 Å². The van der Waals surface area contributed by atoms with Crippen molar-refractivity contribution in [2.24, 2.45) is 0 Å². The Labute approximate surface area is 192 Å². The first-order valence-corrected chi connectivity index (χ1v) is 10.7. The average Bonchev–Trinajstić information content (AvgIpc) is 2.81. The Kier molecular flexibility index (Phi) is 10.6. The maximum absolute atomic E-state index is 12.4. The summed E-state index contributed by atoms with van der Waals surface area (Å²) in [5.41, 5.74) is 0.454. The summed E-state index contributed by atoms with van der Waals surface area (Å²) in [6.07, 6.45) is 0. The fourth-order valence-electron chi connectivity index (χ4n) is 3.31. The molecule has 2 heterocycles. The molecule has 2 aromatic rings. The minimum absolute atomic E-state index is 0.201. The number of anilines is 1. The molecule has 2 aromatic carbocycles. The highest BCUT2D eigenvalue weighted by molar-refractivity contribution is 5.63. The molecule has 0 spiro atoms. The molecule has 0 atom stereocenters. The smallest absolute Gasteiger partial charge is 0.304 e. The van der Waals surface area contributed by atoms with Gasteiger partial charge in [0.1, 0.15) is 5.69 Å². The van der Waals surface area contributed by atoms with Crippen LogP contribution >= 0.6 is 0 Å². The number of nitro benzene ring substituents is 2. The molecule has 2 fully saturated rings. The van der Waals surface area contributed by atoms with Crippen molar-refractivity contribution in [3.05, 3.63) is 74.6 Å². The van der Waals surface area contributed by atoms with Crippen LogP contribution in [0.2, 0.25) is 0 Å². The molecule has 2 aliphatic heterocycles. The molecule has 0 unspecified atom stereocenters. The van der Waals surface area contributed by atoms with Crippen LogP contribution in [0.1, 0.15) is 0 Å². The lowest BCUT2D eigenvalue weighted by Gasteiger charge is -2.33. The maximum atomic E-state index is 12.4. The number of likely N-dealkylation sites (N-methyl/N-ethyl adjacent to an activating group) is 2. The van der Waals surface area contributed by atoms with Crippen molar-refractivity contribution in [1.82, 2.24) is 15.1 Å². The number of halogens is 1. The van der Waals surface area contributed by atoms with Gasteiger partial charge in [0.15, 0.2) is 0 Å². The van der Waals surface area contributed by atoms with Gasteiger partial charge in [-0.15, -0.1) is 0 Å². The fraction of sp³-hybridized carbons (Fsp3) is 0.455. The van der Waals surface area contributed by atoms with Gasteiger partial charge in [-0.1, -0.05) is 24.3 Å². The van der Waals surface area contributed by atoms with Gasteiger partial charge in [0, 0.05) is 64.5 Å². The van der Waals surface area contributed by atoms with E-state index in [0.29, 0.717) is 0 Å². The van der Waals surface area contributed by atoms with E-state index in [1.165, 1.54) is 25.2 Å². The number of nitrogens with zero attached hydrogens (tertiary/aromatic N) is 5. The van der Waals surface area contributed by atoms with Gasteiger partial charge in [0.25, 0.3) is 5.69 Å². The SMILES string of the molecule is CN1CCN(c2ccccc2[N+](=O)[O-])CC1.CN1CCNCC1.O=[N+]([O-])c1ccccc1F. The van der Waals surface area contributed by atoms with Gasteiger partial charge >= 0.3 is 5.69 Å². The molecule has 2 aliphatic rings. The van der Waals surface area contributed by atoms with Gasteiger partial charge in [-0.3, -0.25) is 20.2 Å². The highest BCUT2D eigenvalue weighted by Gasteiger charge is 2.21. The molecule has 10 nitrogen and oxygen atoms in total. The summed E-state index contributed by atoms with van der Waals surface area (Å²) in [5, 5.41) is 24.2. The molecule has 0 amide bonds. The molecule has 0 saturated carbocycles. The third-order valence-corrected chi connectivity index (χ3v) is 5.31. The molecule has 11 heteroatoms. The molecular formula is C22H31FN6O4. The van der Waals surface area contributed by atoms with Crippen molar-refractivity contribution < 1.29 is 14.2 Å². The fourth-order valence-corrected chi connectivity index (χ4v) is 3.31. The van der Waals surface area contributed by atoms with Crippen LogP contribution in [-0.2, 0) is 0 Å². The summed E-state index contributed by atoms with van der Waals surface area (Å²) in [6, 6.07) is 11.9. The van der Waals surface area contributed by atoms with Crippen LogP contribution in [-0.4, -0.2) is 86.1 Å². The summed E-state index contributed by atoms with van der Waals surface area (Å²) in [7, 11) is 4.22. The van der Waals surface area contributed by atoms with Crippen molar-refractivity contribution in [1.29, 1.82) is 0 Å². The molecule has 0 radical (unpaired) electrons. The molecule has 180 valence electrons. The largest absolute Gasteiger partial charge is 0.363 e. The Morgan fingerprint density at radius 3 is 1.70 bits per heavy atom. The van der Waals surface area contributed by atoms with Crippen LogP contribution in [0.25, 0.3) is 0 Å². The van der Waals surface area contributed by atoms with E-state index < -0.39 is 16.4 Å². The molecule has 33 heavy (non-hydrogen) atoms. The molecule has 0 aliphatic carbocycles. The normalized spacial score (nSPS) is 16.6. The van der Waals surface area contributed by atoms with Crippen LogP contribution in [0.5, 0.6) is 0 Å². The Balaban J connectivity index is 0.000000193. The molecular weight excluding hydrogens is 431 g/mol. The summed E-state index contributed by atoms with van der Waals surface area (Å²) in [5.74, 6) is -0.799. The van der Waals surface area contributed by atoms with E-state index in [1.807, 2.05) is 12.1 Å². The van der Waals surface area contributed by atoms with Gasteiger partial charge in [-0.2, -0.15) is 4.39 Å². The van der Waals surface area contributed by atoms with Crippen molar-refractivity contribution in [2.45, 2.75) is 0 Å². The Morgan fingerprint density at radius 1 is 0.758 bits per heavy atom. The molecule has 1 N–H and O–H groups in total. The zero-order chi connectivity index (χ0) is 24.2. The summed E-state index contributed by atoms with van der Waals surface area (Å²) >= 11 is 0. The quantitative estimate of drug-likeness (QED) is 0.548. The van der Waals surface area contributed by atoms with E-state index in [1.54, 1.807) is 12.1 Å². The molecule has 4 rings (SSSR count). The van der Waals surface area contributed by atoms with Gasteiger partial charge in [-0.05, 0) is 26.2 Å². The highest BCUT2D eigenvalue weighted by Crippen LogP contribution is 2.28. The number of para-hydroxylation sites is 3. The molecule has 2 saturated heterocycles. The Hall–Kier alpha value is -3.15. The second-order valence-corrected chi connectivity index (χ2v) is 7.80. The first kappa shape index (κ1) is 26.1. The van der Waals surface area contributed by atoms with E-state index >= 15 is 0 Å². The van der Waals surface area contributed by atoms with Crippen molar-refractivity contribution in [2.75, 3.05) is 71.4 Å². The zero-order valence-corrected chi connectivity index (χ0v) is 19.0. The zero-order valence-electron chi connectivity index (χ0n) is 19.0.